The Morgan fingerprint density at radius 1 is 1.32 bits per heavy atom. The molecule has 0 saturated carbocycles. The van der Waals surface area contributed by atoms with Gasteiger partial charge in [0.25, 0.3) is 5.56 Å². The smallest absolute Gasteiger partial charge is 0.256 e. The minimum Gasteiger partial charge on any atom is -0.371 e. The van der Waals surface area contributed by atoms with Gasteiger partial charge in [0.1, 0.15) is 6.54 Å². The topological polar surface area (TPSA) is 64.4 Å². The van der Waals surface area contributed by atoms with Crippen LogP contribution in [-0.4, -0.2) is 40.1 Å². The van der Waals surface area contributed by atoms with Gasteiger partial charge < -0.3 is 9.64 Å². The standard InChI is InChI=1S/C19H23N3O3/c1-13-14(2)20-12-22(19(13)24)10-18(23)21(3)9-17-8-15-6-4-5-7-16(15)11-25-17/h4-7,12,17H,8-11H2,1-3H3. The molecule has 2 heterocycles. The van der Waals surface area contributed by atoms with Gasteiger partial charge in [0.2, 0.25) is 5.91 Å². The molecular formula is C19H23N3O3. The van der Waals surface area contributed by atoms with Gasteiger partial charge in [-0.1, -0.05) is 24.3 Å². The summed E-state index contributed by atoms with van der Waals surface area (Å²) < 4.78 is 7.22. The van der Waals surface area contributed by atoms with E-state index in [0.29, 0.717) is 24.4 Å². The lowest BCUT2D eigenvalue weighted by atomic mass is 9.99. The van der Waals surface area contributed by atoms with Crippen LogP contribution in [0.15, 0.2) is 35.4 Å². The lowest BCUT2D eigenvalue weighted by Crippen LogP contribution is -2.41. The third kappa shape index (κ3) is 3.79. The van der Waals surface area contributed by atoms with Crippen LogP contribution in [-0.2, 0) is 29.1 Å². The number of hydrogen-bond donors (Lipinski definition) is 0. The van der Waals surface area contributed by atoms with E-state index in [1.807, 2.05) is 12.1 Å². The zero-order valence-electron chi connectivity index (χ0n) is 14.9. The first-order chi connectivity index (χ1) is 12.0. The SMILES string of the molecule is Cc1ncn(CC(=O)N(C)CC2Cc3ccccc3CO2)c(=O)c1C. The molecule has 0 radical (unpaired) electrons. The van der Waals surface area contributed by atoms with E-state index < -0.39 is 0 Å². The Hall–Kier alpha value is -2.47. The molecule has 1 aliphatic heterocycles. The Bertz CT molecular complexity index is 844. The van der Waals surface area contributed by atoms with Gasteiger partial charge in [0.05, 0.1) is 19.0 Å². The number of fused-ring (bicyclic) bond motifs is 1. The van der Waals surface area contributed by atoms with Crippen molar-refractivity contribution in [2.45, 2.75) is 39.5 Å². The Labute approximate surface area is 147 Å². The normalized spacial score (nSPS) is 16.4. The number of aryl methyl sites for hydroxylation is 1. The maximum atomic E-state index is 12.5. The number of benzene rings is 1. The molecule has 3 rings (SSSR count). The van der Waals surface area contributed by atoms with Crippen LogP contribution in [0.4, 0.5) is 0 Å². The minimum atomic E-state index is -0.169. The number of rotatable bonds is 4. The molecular weight excluding hydrogens is 318 g/mol. The zero-order valence-corrected chi connectivity index (χ0v) is 14.9. The lowest BCUT2D eigenvalue weighted by Gasteiger charge is -2.29. The molecule has 2 aromatic rings. The van der Waals surface area contributed by atoms with Crippen molar-refractivity contribution in [1.29, 1.82) is 0 Å². The van der Waals surface area contributed by atoms with E-state index in [4.69, 9.17) is 4.74 Å². The summed E-state index contributed by atoms with van der Waals surface area (Å²) in [7, 11) is 1.74. The number of aromatic nitrogens is 2. The predicted molar refractivity (Wildman–Crippen MR) is 94.3 cm³/mol. The molecule has 25 heavy (non-hydrogen) atoms. The largest absolute Gasteiger partial charge is 0.371 e. The first kappa shape index (κ1) is 17.4. The van der Waals surface area contributed by atoms with E-state index in [1.165, 1.54) is 22.0 Å². The number of amides is 1. The van der Waals surface area contributed by atoms with E-state index in [0.717, 1.165) is 6.42 Å². The average molecular weight is 341 g/mol. The third-order valence-electron chi connectivity index (χ3n) is 4.76. The van der Waals surface area contributed by atoms with Crippen LogP contribution in [0.1, 0.15) is 22.4 Å². The third-order valence-corrected chi connectivity index (χ3v) is 4.76. The maximum Gasteiger partial charge on any atom is 0.256 e. The van der Waals surface area contributed by atoms with Crippen molar-refractivity contribution in [2.24, 2.45) is 0 Å². The molecule has 0 saturated heterocycles. The van der Waals surface area contributed by atoms with Crippen molar-refractivity contribution in [3.05, 3.63) is 63.3 Å². The van der Waals surface area contributed by atoms with Crippen LogP contribution in [0.2, 0.25) is 0 Å². The van der Waals surface area contributed by atoms with Crippen molar-refractivity contribution in [2.75, 3.05) is 13.6 Å². The van der Waals surface area contributed by atoms with Crippen LogP contribution in [0, 0.1) is 13.8 Å². The summed E-state index contributed by atoms with van der Waals surface area (Å²) in [6, 6.07) is 8.20. The van der Waals surface area contributed by atoms with E-state index >= 15 is 0 Å². The summed E-state index contributed by atoms with van der Waals surface area (Å²) in [6.45, 7) is 4.58. The van der Waals surface area contributed by atoms with E-state index in [-0.39, 0.29) is 24.1 Å². The van der Waals surface area contributed by atoms with Gasteiger partial charge in [0, 0.05) is 31.3 Å². The van der Waals surface area contributed by atoms with Crippen LogP contribution in [0.3, 0.4) is 0 Å². The van der Waals surface area contributed by atoms with Gasteiger partial charge >= 0.3 is 0 Å². The summed E-state index contributed by atoms with van der Waals surface area (Å²) >= 11 is 0. The monoisotopic (exact) mass is 341 g/mol. The number of likely N-dealkylation sites (N-methyl/N-ethyl adjacent to an activating group) is 1. The Kier molecular flexibility index (Phi) is 4.99. The molecule has 0 aliphatic carbocycles. The highest BCUT2D eigenvalue weighted by Crippen LogP contribution is 2.20. The van der Waals surface area contributed by atoms with Crippen LogP contribution >= 0.6 is 0 Å². The van der Waals surface area contributed by atoms with Gasteiger partial charge in [-0.05, 0) is 25.0 Å². The van der Waals surface area contributed by atoms with Crippen molar-refractivity contribution >= 4 is 5.91 Å². The Morgan fingerprint density at radius 3 is 2.80 bits per heavy atom. The molecule has 0 bridgehead atoms. The highest BCUT2D eigenvalue weighted by molar-refractivity contribution is 5.75. The zero-order chi connectivity index (χ0) is 18.0. The summed E-state index contributed by atoms with van der Waals surface area (Å²) in [5, 5.41) is 0. The molecule has 0 spiro atoms. The summed E-state index contributed by atoms with van der Waals surface area (Å²) in [4.78, 5) is 30.5. The fraction of sp³-hybridized carbons (Fsp3) is 0.421. The van der Waals surface area contributed by atoms with Gasteiger partial charge in [-0.15, -0.1) is 0 Å². The predicted octanol–water partition coefficient (Wildman–Crippen LogP) is 1.46. The van der Waals surface area contributed by atoms with Gasteiger partial charge in [-0.3, -0.25) is 14.2 Å². The summed E-state index contributed by atoms with van der Waals surface area (Å²) in [5.41, 5.74) is 3.58. The highest BCUT2D eigenvalue weighted by Gasteiger charge is 2.22. The van der Waals surface area contributed by atoms with Gasteiger partial charge in [0.15, 0.2) is 0 Å². The van der Waals surface area contributed by atoms with Gasteiger partial charge in [-0.2, -0.15) is 0 Å². The Balaban J connectivity index is 1.62. The van der Waals surface area contributed by atoms with Crippen molar-refractivity contribution < 1.29 is 9.53 Å². The lowest BCUT2D eigenvalue weighted by molar-refractivity contribution is -0.132. The van der Waals surface area contributed by atoms with Gasteiger partial charge in [-0.25, -0.2) is 4.98 Å². The molecule has 132 valence electrons. The van der Waals surface area contributed by atoms with Crippen LogP contribution in [0.25, 0.3) is 0 Å². The van der Waals surface area contributed by atoms with Crippen molar-refractivity contribution in [1.82, 2.24) is 14.5 Å². The fourth-order valence-corrected chi connectivity index (χ4v) is 2.99. The molecule has 1 amide bonds. The number of carbonyl (C=O) groups is 1. The Morgan fingerprint density at radius 2 is 2.04 bits per heavy atom. The molecule has 0 N–H and O–H groups in total. The van der Waals surface area contributed by atoms with Crippen LogP contribution in [0.5, 0.6) is 0 Å². The second-order valence-electron chi connectivity index (χ2n) is 6.57. The molecule has 1 unspecified atom stereocenters. The minimum absolute atomic E-state index is 0.00718. The summed E-state index contributed by atoms with van der Waals surface area (Å²) in [6.07, 6.45) is 2.20. The van der Waals surface area contributed by atoms with E-state index in [2.05, 4.69) is 17.1 Å². The molecule has 6 nitrogen and oxygen atoms in total. The van der Waals surface area contributed by atoms with Crippen molar-refractivity contribution in [3.63, 3.8) is 0 Å². The van der Waals surface area contributed by atoms with Crippen LogP contribution < -0.4 is 5.56 Å². The second-order valence-corrected chi connectivity index (χ2v) is 6.57. The number of ether oxygens (including phenoxy) is 1. The number of hydrogen-bond acceptors (Lipinski definition) is 4. The fourth-order valence-electron chi connectivity index (χ4n) is 2.99. The second kappa shape index (κ2) is 7.19. The molecule has 1 aromatic carbocycles. The van der Waals surface area contributed by atoms with E-state index in [9.17, 15) is 9.59 Å². The highest BCUT2D eigenvalue weighted by atomic mass is 16.5. The average Bonchev–Trinajstić information content (AvgIpc) is 2.62. The first-order valence-corrected chi connectivity index (χ1v) is 8.40. The first-order valence-electron chi connectivity index (χ1n) is 8.40. The number of nitrogens with zero attached hydrogens (tertiary/aromatic N) is 3. The quantitative estimate of drug-likeness (QED) is 0.845. The maximum absolute atomic E-state index is 12.5. The molecule has 6 heteroatoms. The molecule has 1 aliphatic rings. The van der Waals surface area contributed by atoms with Crippen molar-refractivity contribution in [3.8, 4) is 0 Å². The van der Waals surface area contributed by atoms with E-state index in [1.54, 1.807) is 25.8 Å². The molecule has 1 aromatic heterocycles. The molecule has 0 fully saturated rings. The molecule has 1 atom stereocenters. The number of carbonyl (C=O) groups excluding carboxylic acids is 1. The summed E-state index contributed by atoms with van der Waals surface area (Å²) in [5.74, 6) is -0.130.